The van der Waals surface area contributed by atoms with Crippen LogP contribution < -0.4 is 10.0 Å². The molecule has 5 nitrogen and oxygen atoms in total. The molecule has 0 saturated heterocycles. The molecule has 2 aromatic rings. The van der Waals surface area contributed by atoms with Crippen molar-refractivity contribution in [1.82, 2.24) is 4.72 Å². The van der Waals surface area contributed by atoms with Gasteiger partial charge in [-0.1, -0.05) is 23.6 Å². The smallest absolute Gasteiger partial charge is 0.255 e. The van der Waals surface area contributed by atoms with E-state index < -0.39 is 10.0 Å². The molecule has 2 aliphatic rings. The van der Waals surface area contributed by atoms with Crippen molar-refractivity contribution in [2.45, 2.75) is 57.4 Å². The van der Waals surface area contributed by atoms with Crippen molar-refractivity contribution in [1.29, 1.82) is 0 Å². The fourth-order valence-corrected chi connectivity index (χ4v) is 6.63. The van der Waals surface area contributed by atoms with Crippen molar-refractivity contribution in [3.05, 3.63) is 59.2 Å². The highest BCUT2D eigenvalue weighted by Gasteiger charge is 2.42. The van der Waals surface area contributed by atoms with Crippen LogP contribution in [0.2, 0.25) is 0 Å². The van der Waals surface area contributed by atoms with Gasteiger partial charge in [-0.25, -0.2) is 13.1 Å². The zero-order valence-corrected chi connectivity index (χ0v) is 18.6. The topological polar surface area (TPSA) is 75.3 Å². The molecule has 2 fully saturated rings. The normalized spacial score (nSPS) is 24.0. The van der Waals surface area contributed by atoms with Crippen LogP contribution in [0, 0.1) is 31.6 Å². The quantitative estimate of drug-likeness (QED) is 0.705. The van der Waals surface area contributed by atoms with Crippen molar-refractivity contribution in [3.8, 4) is 0 Å². The van der Waals surface area contributed by atoms with Gasteiger partial charge in [-0.05, 0) is 94.2 Å². The van der Waals surface area contributed by atoms with Crippen molar-refractivity contribution < 1.29 is 13.2 Å². The minimum Gasteiger partial charge on any atom is -0.322 e. The van der Waals surface area contributed by atoms with E-state index in [1.54, 1.807) is 24.3 Å². The fourth-order valence-electron chi connectivity index (χ4n) is 5.33. The SMILES string of the molecule is Cc1cc(C)cc(C(=O)Nc2ccc(S(=O)(=O)N[C@@H](C)[C@H]3C[C@H]4CC[C@H]3C4)cc2)c1. The van der Waals surface area contributed by atoms with Gasteiger partial charge in [0, 0.05) is 17.3 Å². The Morgan fingerprint density at radius 3 is 2.23 bits per heavy atom. The third kappa shape index (κ3) is 4.44. The molecule has 160 valence electrons. The van der Waals surface area contributed by atoms with E-state index >= 15 is 0 Å². The zero-order chi connectivity index (χ0) is 21.5. The predicted octanol–water partition coefficient (Wildman–Crippen LogP) is 4.66. The first-order valence-electron chi connectivity index (χ1n) is 10.7. The highest BCUT2D eigenvalue weighted by atomic mass is 32.2. The van der Waals surface area contributed by atoms with Crippen molar-refractivity contribution in [2.24, 2.45) is 17.8 Å². The summed E-state index contributed by atoms with van der Waals surface area (Å²) in [4.78, 5) is 12.7. The van der Waals surface area contributed by atoms with E-state index in [4.69, 9.17) is 0 Å². The van der Waals surface area contributed by atoms with Crippen LogP contribution in [0.3, 0.4) is 0 Å². The summed E-state index contributed by atoms with van der Waals surface area (Å²) >= 11 is 0. The van der Waals surface area contributed by atoms with Crippen molar-refractivity contribution in [3.63, 3.8) is 0 Å². The third-order valence-electron chi connectivity index (χ3n) is 6.68. The molecule has 0 unspecified atom stereocenters. The largest absolute Gasteiger partial charge is 0.322 e. The number of carbonyl (C=O) groups excluding carboxylic acids is 1. The Balaban J connectivity index is 1.41. The lowest BCUT2D eigenvalue weighted by molar-refractivity contribution is 0.102. The second-order valence-electron chi connectivity index (χ2n) is 9.10. The Hall–Kier alpha value is -2.18. The summed E-state index contributed by atoms with van der Waals surface area (Å²) in [5.74, 6) is 1.68. The van der Waals surface area contributed by atoms with Crippen LogP contribution >= 0.6 is 0 Å². The number of aryl methyl sites for hydroxylation is 2. The monoisotopic (exact) mass is 426 g/mol. The van der Waals surface area contributed by atoms with Gasteiger partial charge in [0.1, 0.15) is 0 Å². The maximum atomic E-state index is 12.8. The number of fused-ring (bicyclic) bond motifs is 2. The first-order valence-corrected chi connectivity index (χ1v) is 12.2. The number of carbonyl (C=O) groups is 1. The molecule has 0 spiro atoms. The third-order valence-corrected chi connectivity index (χ3v) is 8.26. The summed E-state index contributed by atoms with van der Waals surface area (Å²) in [7, 11) is -3.59. The highest BCUT2D eigenvalue weighted by molar-refractivity contribution is 7.89. The molecular weight excluding hydrogens is 396 g/mol. The van der Waals surface area contributed by atoms with Crippen LogP contribution in [0.5, 0.6) is 0 Å². The number of nitrogens with one attached hydrogen (secondary N) is 2. The van der Waals surface area contributed by atoms with Gasteiger partial charge in [0.2, 0.25) is 10.0 Å². The minimum absolute atomic E-state index is 0.0609. The second kappa shape index (κ2) is 8.16. The van der Waals surface area contributed by atoms with Gasteiger partial charge in [0.05, 0.1) is 4.90 Å². The average molecular weight is 427 g/mol. The molecule has 30 heavy (non-hydrogen) atoms. The fraction of sp³-hybridized carbons (Fsp3) is 0.458. The zero-order valence-electron chi connectivity index (χ0n) is 17.8. The lowest BCUT2D eigenvalue weighted by atomic mass is 9.84. The number of hydrogen-bond donors (Lipinski definition) is 2. The van der Waals surface area contributed by atoms with Crippen LogP contribution in [-0.2, 0) is 10.0 Å². The molecular formula is C24H30N2O3S. The van der Waals surface area contributed by atoms with E-state index in [9.17, 15) is 13.2 Å². The molecule has 4 rings (SSSR count). The maximum Gasteiger partial charge on any atom is 0.255 e. The summed E-state index contributed by atoms with van der Waals surface area (Å²) in [5, 5.41) is 2.84. The van der Waals surface area contributed by atoms with Gasteiger partial charge in [0.25, 0.3) is 5.91 Å². The number of hydrogen-bond acceptors (Lipinski definition) is 3. The summed E-state index contributed by atoms with van der Waals surface area (Å²) in [6.07, 6.45) is 4.93. The second-order valence-corrected chi connectivity index (χ2v) is 10.8. The Labute approximate surface area is 179 Å². The highest BCUT2D eigenvalue weighted by Crippen LogP contribution is 2.49. The Bertz CT molecular complexity index is 1030. The Morgan fingerprint density at radius 1 is 1.00 bits per heavy atom. The summed E-state index contributed by atoms with van der Waals surface area (Å²) in [6, 6.07) is 12.0. The number of amides is 1. The van der Waals surface area contributed by atoms with Crippen LogP contribution in [0.25, 0.3) is 0 Å². The number of sulfonamides is 1. The van der Waals surface area contributed by atoms with E-state index in [0.717, 1.165) is 23.5 Å². The molecule has 2 aromatic carbocycles. The van der Waals surface area contributed by atoms with Gasteiger partial charge >= 0.3 is 0 Å². The van der Waals surface area contributed by atoms with Gasteiger partial charge in [-0.2, -0.15) is 0 Å². The molecule has 2 N–H and O–H groups in total. The molecule has 0 aliphatic heterocycles. The Morgan fingerprint density at radius 2 is 1.67 bits per heavy atom. The molecule has 2 bridgehead atoms. The number of anilines is 1. The summed E-state index contributed by atoms with van der Waals surface area (Å²) < 4.78 is 28.6. The van der Waals surface area contributed by atoms with Gasteiger partial charge in [-0.15, -0.1) is 0 Å². The van der Waals surface area contributed by atoms with Gasteiger partial charge in [-0.3, -0.25) is 4.79 Å². The van der Waals surface area contributed by atoms with Gasteiger partial charge in [0.15, 0.2) is 0 Å². The summed E-state index contributed by atoms with van der Waals surface area (Å²) in [5.41, 5.74) is 3.21. The summed E-state index contributed by atoms with van der Waals surface area (Å²) in [6.45, 7) is 5.89. The van der Waals surface area contributed by atoms with E-state index in [1.807, 2.05) is 39.0 Å². The molecule has 2 saturated carbocycles. The molecule has 0 radical (unpaired) electrons. The maximum absolute atomic E-state index is 12.8. The lowest BCUT2D eigenvalue weighted by Gasteiger charge is -2.28. The van der Waals surface area contributed by atoms with Crippen molar-refractivity contribution in [2.75, 3.05) is 5.32 Å². The molecule has 0 heterocycles. The van der Waals surface area contributed by atoms with Crippen LogP contribution in [0.4, 0.5) is 5.69 Å². The van der Waals surface area contributed by atoms with E-state index in [2.05, 4.69) is 10.0 Å². The molecule has 1 amide bonds. The van der Waals surface area contributed by atoms with Crippen LogP contribution in [0.1, 0.15) is 54.1 Å². The first kappa shape index (κ1) is 21.1. The molecule has 4 atom stereocenters. The van der Waals surface area contributed by atoms with Crippen molar-refractivity contribution >= 4 is 21.6 Å². The van der Waals surface area contributed by atoms with Gasteiger partial charge < -0.3 is 5.32 Å². The molecule has 6 heteroatoms. The van der Waals surface area contributed by atoms with Crippen LogP contribution in [-0.4, -0.2) is 20.4 Å². The van der Waals surface area contributed by atoms with E-state index in [-0.39, 0.29) is 16.8 Å². The standard InChI is InChI=1S/C24H30N2O3S/c1-15-10-16(2)12-20(11-15)24(27)25-21-6-8-22(9-7-21)30(28,29)26-17(3)23-14-18-4-5-19(23)13-18/h6-12,17-19,23,26H,4-5,13-14H2,1-3H3,(H,25,27)/t17-,18-,19-,23+/m0/s1. The van der Waals surface area contributed by atoms with E-state index in [0.29, 0.717) is 23.1 Å². The average Bonchev–Trinajstić information content (AvgIpc) is 3.31. The Kier molecular flexibility index (Phi) is 5.73. The molecule has 0 aromatic heterocycles. The number of benzene rings is 2. The van der Waals surface area contributed by atoms with E-state index in [1.165, 1.54) is 19.3 Å². The van der Waals surface area contributed by atoms with Crippen LogP contribution in [0.15, 0.2) is 47.4 Å². The predicted molar refractivity (Wildman–Crippen MR) is 119 cm³/mol. The number of rotatable bonds is 6. The lowest BCUT2D eigenvalue weighted by Crippen LogP contribution is -2.40. The first-order chi connectivity index (χ1) is 14.2. The minimum atomic E-state index is -3.59. The molecule has 2 aliphatic carbocycles.